The number of anilines is 1. The summed E-state index contributed by atoms with van der Waals surface area (Å²) in [5, 5.41) is 35.5. The van der Waals surface area contributed by atoms with Crippen molar-refractivity contribution in [2.75, 3.05) is 18.5 Å². The van der Waals surface area contributed by atoms with Crippen LogP contribution in [0.15, 0.2) is 0 Å². The van der Waals surface area contributed by atoms with Crippen molar-refractivity contribution in [2.24, 2.45) is 0 Å². The van der Waals surface area contributed by atoms with Crippen molar-refractivity contribution in [2.45, 2.75) is 26.5 Å². The molecule has 0 aliphatic rings. The minimum Gasteiger partial charge on any atom is -0.394 e. The van der Waals surface area contributed by atoms with E-state index in [1.54, 1.807) is 6.92 Å². The molecule has 17 heavy (non-hydrogen) atoms. The summed E-state index contributed by atoms with van der Waals surface area (Å²) in [5.41, 5.74) is 0.217. The van der Waals surface area contributed by atoms with Gasteiger partial charge in [0.1, 0.15) is 5.69 Å². The van der Waals surface area contributed by atoms with Gasteiger partial charge in [-0.1, -0.05) is 0 Å². The first-order valence-corrected chi connectivity index (χ1v) is 5.25. The Morgan fingerprint density at radius 1 is 1.65 bits per heavy atom. The van der Waals surface area contributed by atoms with Crippen LogP contribution in [0, 0.1) is 17.0 Å². The molecule has 0 aliphatic carbocycles. The molecule has 1 aromatic heterocycles. The third kappa shape index (κ3) is 2.92. The lowest BCUT2D eigenvalue weighted by molar-refractivity contribution is -0.384. The van der Waals surface area contributed by atoms with E-state index in [9.17, 15) is 15.2 Å². The van der Waals surface area contributed by atoms with Crippen molar-refractivity contribution in [3.8, 4) is 0 Å². The fraction of sp³-hybridized carbons (Fsp3) is 0.667. The Labute approximate surface area is 98.0 Å². The quantitative estimate of drug-likeness (QED) is 0.475. The van der Waals surface area contributed by atoms with E-state index in [1.807, 2.05) is 6.92 Å². The molecule has 1 atom stereocenters. The van der Waals surface area contributed by atoms with Crippen molar-refractivity contribution in [3.63, 3.8) is 0 Å². The van der Waals surface area contributed by atoms with E-state index in [4.69, 9.17) is 5.11 Å². The average molecular weight is 244 g/mol. The first-order chi connectivity index (χ1) is 8.01. The van der Waals surface area contributed by atoms with E-state index < -0.39 is 17.6 Å². The SMILES string of the molecule is CCn1nc(C)c([N+](=O)[O-])c1NCC(O)CO. The Bertz CT molecular complexity index is 404. The topological polar surface area (TPSA) is 113 Å². The number of nitrogens with one attached hydrogen (secondary N) is 1. The van der Waals surface area contributed by atoms with Crippen LogP contribution in [0.5, 0.6) is 0 Å². The van der Waals surface area contributed by atoms with Gasteiger partial charge in [0, 0.05) is 13.1 Å². The van der Waals surface area contributed by atoms with Gasteiger partial charge in [-0.15, -0.1) is 0 Å². The maximum atomic E-state index is 10.9. The van der Waals surface area contributed by atoms with Crippen LogP contribution in [-0.4, -0.2) is 44.2 Å². The zero-order valence-electron chi connectivity index (χ0n) is 9.75. The molecule has 96 valence electrons. The summed E-state index contributed by atoms with van der Waals surface area (Å²) in [5.74, 6) is 0.252. The summed E-state index contributed by atoms with van der Waals surface area (Å²) in [7, 11) is 0. The van der Waals surface area contributed by atoms with Crippen molar-refractivity contribution < 1.29 is 15.1 Å². The molecule has 1 heterocycles. The van der Waals surface area contributed by atoms with Crippen LogP contribution in [0.1, 0.15) is 12.6 Å². The van der Waals surface area contributed by atoms with Gasteiger partial charge in [0.05, 0.1) is 17.6 Å². The second-order valence-electron chi connectivity index (χ2n) is 3.57. The average Bonchev–Trinajstić information content (AvgIpc) is 2.62. The third-order valence-electron chi connectivity index (χ3n) is 2.29. The Morgan fingerprint density at radius 2 is 2.29 bits per heavy atom. The van der Waals surface area contributed by atoms with Crippen molar-refractivity contribution in [1.29, 1.82) is 0 Å². The molecule has 0 saturated heterocycles. The predicted octanol–water partition coefficient (Wildman–Crippen LogP) is -0.115. The van der Waals surface area contributed by atoms with Crippen LogP contribution in [0.4, 0.5) is 11.5 Å². The maximum Gasteiger partial charge on any atom is 0.333 e. The highest BCUT2D eigenvalue weighted by molar-refractivity contribution is 5.59. The van der Waals surface area contributed by atoms with Gasteiger partial charge in [-0.05, 0) is 13.8 Å². The Balaban J connectivity index is 2.98. The maximum absolute atomic E-state index is 10.9. The minimum absolute atomic E-state index is 0.0302. The number of aromatic nitrogens is 2. The summed E-state index contributed by atoms with van der Waals surface area (Å²) in [6, 6.07) is 0. The van der Waals surface area contributed by atoms with Crippen LogP contribution < -0.4 is 5.32 Å². The molecule has 0 bridgehead atoms. The van der Waals surface area contributed by atoms with Gasteiger partial charge in [-0.2, -0.15) is 5.10 Å². The number of nitrogens with zero attached hydrogens (tertiary/aromatic N) is 3. The molecular formula is C9H16N4O4. The summed E-state index contributed by atoms with van der Waals surface area (Å²) in [6.45, 7) is 3.47. The van der Waals surface area contributed by atoms with E-state index in [0.717, 1.165) is 0 Å². The fourth-order valence-electron chi connectivity index (χ4n) is 1.47. The van der Waals surface area contributed by atoms with E-state index in [-0.39, 0.29) is 18.1 Å². The highest BCUT2D eigenvalue weighted by Crippen LogP contribution is 2.27. The Kier molecular flexibility index (Phi) is 4.41. The number of hydrogen-bond donors (Lipinski definition) is 3. The van der Waals surface area contributed by atoms with Crippen molar-refractivity contribution in [1.82, 2.24) is 9.78 Å². The summed E-state index contributed by atoms with van der Waals surface area (Å²) in [6.07, 6.45) is -0.963. The normalized spacial score (nSPS) is 12.5. The lowest BCUT2D eigenvalue weighted by Crippen LogP contribution is -2.24. The van der Waals surface area contributed by atoms with Gasteiger partial charge in [-0.25, -0.2) is 4.68 Å². The highest BCUT2D eigenvalue weighted by atomic mass is 16.6. The first-order valence-electron chi connectivity index (χ1n) is 5.25. The molecule has 0 radical (unpaired) electrons. The molecule has 0 aliphatic heterocycles. The molecule has 0 spiro atoms. The Morgan fingerprint density at radius 3 is 2.76 bits per heavy atom. The third-order valence-corrected chi connectivity index (χ3v) is 2.29. The summed E-state index contributed by atoms with van der Waals surface area (Å²) < 4.78 is 1.46. The summed E-state index contributed by atoms with van der Waals surface area (Å²) in [4.78, 5) is 10.4. The van der Waals surface area contributed by atoms with Crippen LogP contribution in [0.2, 0.25) is 0 Å². The van der Waals surface area contributed by atoms with Gasteiger partial charge in [0.25, 0.3) is 0 Å². The molecule has 0 aromatic carbocycles. The number of nitro groups is 1. The van der Waals surface area contributed by atoms with Crippen LogP contribution >= 0.6 is 0 Å². The second kappa shape index (κ2) is 5.60. The molecule has 0 amide bonds. The molecule has 8 nitrogen and oxygen atoms in total. The largest absolute Gasteiger partial charge is 0.394 e. The first kappa shape index (κ1) is 13.4. The minimum atomic E-state index is -0.963. The fourth-order valence-corrected chi connectivity index (χ4v) is 1.47. The standard InChI is InChI=1S/C9H16N4O4/c1-3-12-9(10-4-7(15)5-14)8(13(16)17)6(2)11-12/h7,10,14-15H,3-5H2,1-2H3. The van der Waals surface area contributed by atoms with Crippen molar-refractivity contribution >= 4 is 11.5 Å². The Hall–Kier alpha value is -1.67. The number of rotatable bonds is 6. The van der Waals surface area contributed by atoms with Crippen LogP contribution in [0.25, 0.3) is 0 Å². The predicted molar refractivity (Wildman–Crippen MR) is 60.9 cm³/mol. The van der Waals surface area contributed by atoms with E-state index in [0.29, 0.717) is 12.2 Å². The van der Waals surface area contributed by atoms with Gasteiger partial charge in [-0.3, -0.25) is 10.1 Å². The molecule has 3 N–H and O–H groups in total. The van der Waals surface area contributed by atoms with Gasteiger partial charge >= 0.3 is 5.69 Å². The van der Waals surface area contributed by atoms with E-state index >= 15 is 0 Å². The van der Waals surface area contributed by atoms with Crippen molar-refractivity contribution in [3.05, 3.63) is 15.8 Å². The number of hydrogen-bond acceptors (Lipinski definition) is 6. The van der Waals surface area contributed by atoms with Gasteiger partial charge in [0.2, 0.25) is 5.82 Å². The highest BCUT2D eigenvalue weighted by Gasteiger charge is 2.24. The smallest absolute Gasteiger partial charge is 0.333 e. The number of aliphatic hydroxyl groups is 2. The van der Waals surface area contributed by atoms with Gasteiger partial charge in [0.15, 0.2) is 0 Å². The zero-order valence-corrected chi connectivity index (χ0v) is 9.75. The van der Waals surface area contributed by atoms with E-state index in [2.05, 4.69) is 10.4 Å². The number of aliphatic hydroxyl groups excluding tert-OH is 2. The monoisotopic (exact) mass is 244 g/mol. The molecule has 1 aromatic rings. The molecular weight excluding hydrogens is 228 g/mol. The lowest BCUT2D eigenvalue weighted by atomic mass is 10.3. The second-order valence-corrected chi connectivity index (χ2v) is 3.57. The zero-order chi connectivity index (χ0) is 13.0. The van der Waals surface area contributed by atoms with Crippen LogP contribution in [0.3, 0.4) is 0 Å². The summed E-state index contributed by atoms with van der Waals surface area (Å²) >= 11 is 0. The molecule has 0 fully saturated rings. The molecule has 8 heteroatoms. The molecule has 1 unspecified atom stereocenters. The van der Waals surface area contributed by atoms with Crippen LogP contribution in [-0.2, 0) is 6.54 Å². The lowest BCUT2D eigenvalue weighted by Gasteiger charge is -2.10. The van der Waals surface area contributed by atoms with E-state index in [1.165, 1.54) is 4.68 Å². The number of aryl methyl sites for hydroxylation is 2. The molecule has 1 rings (SSSR count). The van der Waals surface area contributed by atoms with Gasteiger partial charge < -0.3 is 15.5 Å². The molecule has 0 saturated carbocycles.